The van der Waals surface area contributed by atoms with E-state index < -0.39 is 48.1 Å². The molecule has 0 radical (unpaired) electrons. The Bertz CT molecular complexity index is 1340. The summed E-state index contributed by atoms with van der Waals surface area (Å²) in [5.41, 5.74) is -0.418. The van der Waals surface area contributed by atoms with Gasteiger partial charge in [0.1, 0.15) is 23.0 Å². The van der Waals surface area contributed by atoms with Crippen molar-refractivity contribution in [2.45, 2.75) is 95.7 Å². The van der Waals surface area contributed by atoms with E-state index in [1.807, 2.05) is 13.8 Å². The highest BCUT2D eigenvalue weighted by Crippen LogP contribution is 2.52. The van der Waals surface area contributed by atoms with Crippen LogP contribution in [0.3, 0.4) is 0 Å². The Kier molecular flexibility index (Phi) is 13.6. The summed E-state index contributed by atoms with van der Waals surface area (Å²) >= 11 is 0.950. The van der Waals surface area contributed by atoms with Gasteiger partial charge in [-0.1, -0.05) is 51.8 Å². The molecule has 0 amide bonds. The molecule has 3 rings (SSSR count). The van der Waals surface area contributed by atoms with Crippen molar-refractivity contribution in [1.29, 1.82) is 0 Å². The number of para-hydroxylation sites is 1. The predicted octanol–water partition coefficient (Wildman–Crippen LogP) is 5.76. The minimum absolute atomic E-state index is 0.0243. The van der Waals surface area contributed by atoms with E-state index in [1.165, 1.54) is 12.3 Å². The summed E-state index contributed by atoms with van der Waals surface area (Å²) in [4.78, 5) is 42.2. The molecular formula is C31H44FN2O8PS. The van der Waals surface area contributed by atoms with Gasteiger partial charge >= 0.3 is 19.3 Å². The normalized spacial score (nSPS) is 22.1. The van der Waals surface area contributed by atoms with Crippen LogP contribution in [0.4, 0.5) is 4.39 Å². The predicted molar refractivity (Wildman–Crippen MR) is 168 cm³/mol. The van der Waals surface area contributed by atoms with Crippen molar-refractivity contribution in [2.75, 3.05) is 12.8 Å². The van der Waals surface area contributed by atoms with Crippen LogP contribution in [0, 0.1) is 11.8 Å². The summed E-state index contributed by atoms with van der Waals surface area (Å²) in [5.74, 6) is -1.20. The Morgan fingerprint density at radius 1 is 1.11 bits per heavy atom. The fraction of sp³-hybridized carbons (Fsp3) is 0.613. The Hall–Kier alpha value is -2.53. The van der Waals surface area contributed by atoms with Gasteiger partial charge in [-0.2, -0.15) is 4.98 Å². The van der Waals surface area contributed by atoms with Crippen molar-refractivity contribution >= 4 is 31.1 Å². The summed E-state index contributed by atoms with van der Waals surface area (Å²) in [7, 11) is -3.99. The van der Waals surface area contributed by atoms with E-state index in [4.69, 9.17) is 13.8 Å². The van der Waals surface area contributed by atoms with Gasteiger partial charge in [-0.25, -0.2) is 13.8 Å². The number of ether oxygens (including phenoxy) is 1. The molecule has 13 heteroatoms. The SMILES string of the molecule is CCCC(CCC)C(=O)Cc1ccn([C@@H]2S[C@H](CO[P@@](=O)(C[C@@H](C)C(=O)OC(C)C)Oc3ccccc3)[C@@H](O)[C@@H]2F)c(=O)n1. The van der Waals surface area contributed by atoms with Crippen molar-refractivity contribution in [3.05, 3.63) is 58.8 Å². The number of aromatic nitrogens is 2. The van der Waals surface area contributed by atoms with Crippen LogP contribution in [0.2, 0.25) is 0 Å². The Balaban J connectivity index is 1.72. The van der Waals surface area contributed by atoms with Crippen molar-refractivity contribution in [2.24, 2.45) is 11.8 Å². The molecule has 1 fully saturated rings. The molecule has 0 bridgehead atoms. The Morgan fingerprint density at radius 3 is 2.36 bits per heavy atom. The molecule has 0 aliphatic carbocycles. The Morgan fingerprint density at radius 2 is 1.77 bits per heavy atom. The van der Waals surface area contributed by atoms with E-state index in [1.54, 1.807) is 51.1 Å². The second-order valence-corrected chi connectivity index (χ2v) is 14.8. The quantitative estimate of drug-likeness (QED) is 0.166. The maximum absolute atomic E-state index is 15.4. The van der Waals surface area contributed by atoms with Crippen LogP contribution in [0.5, 0.6) is 5.75 Å². The number of benzene rings is 1. The van der Waals surface area contributed by atoms with E-state index in [0.29, 0.717) is 5.69 Å². The molecule has 1 aliphatic heterocycles. The van der Waals surface area contributed by atoms with Crippen LogP contribution in [-0.4, -0.2) is 62.8 Å². The van der Waals surface area contributed by atoms with Crippen LogP contribution >= 0.6 is 19.4 Å². The third-order valence-electron chi connectivity index (χ3n) is 7.22. The first kappa shape index (κ1) is 35.9. The molecule has 44 heavy (non-hydrogen) atoms. The average Bonchev–Trinajstić information content (AvgIpc) is 3.24. The van der Waals surface area contributed by atoms with Crippen LogP contribution in [0.15, 0.2) is 47.4 Å². The standard InChI is InChI=1S/C31H44FN2O8PS/c1-6-11-22(12-7-2)25(35)17-23-15-16-34(31(38)33-23)29-27(32)28(36)26(44-29)18-40-43(39,42-24-13-9-8-10-14-24)19-21(5)30(37)41-20(3)4/h8-10,13-16,20-22,26-29,36H,6-7,11-12,17-19H2,1-5H3/t21-,26-,27+,28-,29-,43+/m1/s1. The largest absolute Gasteiger partial charge is 0.463 e. The molecule has 1 aliphatic rings. The molecule has 1 saturated heterocycles. The number of carbonyl (C=O) groups is 2. The van der Waals surface area contributed by atoms with Gasteiger partial charge < -0.3 is 14.4 Å². The zero-order valence-electron chi connectivity index (χ0n) is 26.0. The first-order valence-corrected chi connectivity index (χ1v) is 17.8. The lowest BCUT2D eigenvalue weighted by Crippen LogP contribution is -2.34. The number of Topliss-reactive ketones (excluding diaryl/α,β-unsaturated/α-hetero) is 1. The van der Waals surface area contributed by atoms with Gasteiger partial charge in [-0.15, -0.1) is 11.8 Å². The zero-order chi connectivity index (χ0) is 32.4. The molecule has 0 unspecified atom stereocenters. The molecule has 0 saturated carbocycles. The minimum atomic E-state index is -3.99. The highest BCUT2D eigenvalue weighted by Gasteiger charge is 2.46. The Labute approximate surface area is 262 Å². The van der Waals surface area contributed by atoms with Crippen LogP contribution in [-0.2, 0) is 29.8 Å². The third-order valence-corrected chi connectivity index (χ3v) is 10.8. The van der Waals surface area contributed by atoms with E-state index in [9.17, 15) is 24.1 Å². The summed E-state index contributed by atoms with van der Waals surface area (Å²) in [6, 6.07) is 9.83. The number of ketones is 1. The molecule has 1 aromatic carbocycles. The van der Waals surface area contributed by atoms with Crippen LogP contribution in [0.1, 0.15) is 71.4 Å². The molecule has 10 nitrogen and oxygen atoms in total. The lowest BCUT2D eigenvalue weighted by Gasteiger charge is -2.24. The van der Waals surface area contributed by atoms with Gasteiger partial charge in [0.15, 0.2) is 6.17 Å². The van der Waals surface area contributed by atoms with E-state index in [0.717, 1.165) is 42.0 Å². The first-order chi connectivity index (χ1) is 20.9. The molecular weight excluding hydrogens is 610 g/mol. The summed E-state index contributed by atoms with van der Waals surface area (Å²) in [5, 5.41) is 8.69. The fourth-order valence-corrected chi connectivity index (χ4v) is 8.40. The maximum Gasteiger partial charge on any atom is 0.380 e. The summed E-state index contributed by atoms with van der Waals surface area (Å²) in [6.07, 6.45) is 0.660. The molecule has 2 aromatic rings. The van der Waals surface area contributed by atoms with Crippen molar-refractivity contribution in [1.82, 2.24) is 9.55 Å². The summed E-state index contributed by atoms with van der Waals surface area (Å²) in [6.45, 7) is 8.63. The number of hydrogen-bond acceptors (Lipinski definition) is 10. The van der Waals surface area contributed by atoms with E-state index in [2.05, 4.69) is 4.98 Å². The maximum atomic E-state index is 15.4. The van der Waals surface area contributed by atoms with Gasteiger partial charge in [0.25, 0.3) is 0 Å². The number of thioether (sulfide) groups is 1. The highest BCUT2D eigenvalue weighted by atomic mass is 32.2. The number of nitrogens with zero attached hydrogens (tertiary/aromatic N) is 2. The number of rotatable bonds is 17. The molecule has 0 spiro atoms. The average molecular weight is 655 g/mol. The first-order valence-electron chi connectivity index (χ1n) is 15.1. The van der Waals surface area contributed by atoms with Gasteiger partial charge in [0, 0.05) is 18.5 Å². The number of aliphatic hydroxyl groups excluding tert-OH is 1. The number of carbonyl (C=O) groups excluding carboxylic acids is 2. The second kappa shape index (κ2) is 16.7. The van der Waals surface area contributed by atoms with Crippen LogP contribution < -0.4 is 10.2 Å². The molecule has 1 N–H and O–H groups in total. The smallest absolute Gasteiger partial charge is 0.380 e. The number of aliphatic hydroxyl groups is 1. The van der Waals surface area contributed by atoms with Gasteiger partial charge in [0.2, 0.25) is 0 Å². The molecule has 6 atom stereocenters. The van der Waals surface area contributed by atoms with Gasteiger partial charge in [-0.3, -0.25) is 18.7 Å². The van der Waals surface area contributed by atoms with Gasteiger partial charge in [0.05, 0.1) is 35.7 Å². The molecule has 1 aromatic heterocycles. The fourth-order valence-electron chi connectivity index (χ4n) is 5.00. The molecule has 2 heterocycles. The van der Waals surface area contributed by atoms with Crippen molar-refractivity contribution < 1.29 is 37.4 Å². The number of halogens is 1. The lowest BCUT2D eigenvalue weighted by molar-refractivity contribution is -0.151. The van der Waals surface area contributed by atoms with Crippen LogP contribution in [0.25, 0.3) is 0 Å². The van der Waals surface area contributed by atoms with E-state index >= 15 is 4.39 Å². The molecule has 244 valence electrons. The van der Waals surface area contributed by atoms with E-state index in [-0.39, 0.29) is 42.7 Å². The minimum Gasteiger partial charge on any atom is -0.463 e. The topological polar surface area (TPSA) is 134 Å². The number of alkyl halides is 1. The second-order valence-electron chi connectivity index (χ2n) is 11.4. The van der Waals surface area contributed by atoms with Crippen molar-refractivity contribution in [3.8, 4) is 5.75 Å². The highest BCUT2D eigenvalue weighted by molar-refractivity contribution is 8.00. The summed E-state index contributed by atoms with van der Waals surface area (Å²) < 4.78 is 47.0. The van der Waals surface area contributed by atoms with Gasteiger partial charge in [-0.05, 0) is 44.9 Å². The number of esters is 1. The van der Waals surface area contributed by atoms with Crippen molar-refractivity contribution in [3.63, 3.8) is 0 Å². The lowest BCUT2D eigenvalue weighted by atomic mass is 9.91. The third kappa shape index (κ3) is 9.99. The monoisotopic (exact) mass is 654 g/mol. The number of hydrogen-bond donors (Lipinski definition) is 1. The zero-order valence-corrected chi connectivity index (χ0v) is 27.7.